The fourth-order valence-corrected chi connectivity index (χ4v) is 3.55. The highest BCUT2D eigenvalue weighted by Crippen LogP contribution is 2.18. The molecule has 1 aromatic carbocycles. The van der Waals surface area contributed by atoms with Crippen LogP contribution in [0.2, 0.25) is 0 Å². The number of thioether (sulfide) groups is 1. The van der Waals surface area contributed by atoms with Crippen molar-refractivity contribution in [1.82, 2.24) is 5.32 Å². The van der Waals surface area contributed by atoms with Crippen molar-refractivity contribution in [2.45, 2.75) is 25.3 Å². The molecule has 0 amide bonds. The molecule has 1 aliphatic rings. The molecule has 1 aromatic rings. The molecule has 94 valence electrons. The number of benzene rings is 1. The van der Waals surface area contributed by atoms with Crippen LogP contribution in [0.4, 0.5) is 4.39 Å². The molecule has 1 fully saturated rings. The van der Waals surface area contributed by atoms with E-state index in [4.69, 9.17) is 0 Å². The van der Waals surface area contributed by atoms with Crippen LogP contribution in [0, 0.1) is 5.82 Å². The summed E-state index contributed by atoms with van der Waals surface area (Å²) in [5, 5.41) is 3.58. The van der Waals surface area contributed by atoms with E-state index in [-0.39, 0.29) is 5.82 Å². The van der Waals surface area contributed by atoms with E-state index in [0.717, 1.165) is 13.0 Å². The van der Waals surface area contributed by atoms with Crippen LogP contribution in [0.5, 0.6) is 0 Å². The molecule has 17 heavy (non-hydrogen) atoms. The Labute approximate surface area is 115 Å². The Morgan fingerprint density at radius 3 is 2.82 bits per heavy atom. The minimum Gasteiger partial charge on any atom is -0.314 e. The van der Waals surface area contributed by atoms with Gasteiger partial charge in [0.15, 0.2) is 0 Å². The summed E-state index contributed by atoms with van der Waals surface area (Å²) in [4.78, 5) is 0. The largest absolute Gasteiger partial charge is 0.314 e. The number of hydrogen-bond acceptors (Lipinski definition) is 2. The third kappa shape index (κ3) is 4.27. The smallest absolute Gasteiger partial charge is 0.137 e. The first-order valence-corrected chi connectivity index (χ1v) is 7.95. The Balaban J connectivity index is 1.75. The monoisotopic (exact) mass is 317 g/mol. The molecule has 0 atom stereocenters. The van der Waals surface area contributed by atoms with E-state index in [1.54, 1.807) is 0 Å². The molecule has 1 N–H and O–H groups in total. The summed E-state index contributed by atoms with van der Waals surface area (Å²) in [5.41, 5.74) is 1.18. The van der Waals surface area contributed by atoms with E-state index in [9.17, 15) is 4.39 Å². The molecular formula is C13H17BrFNS. The van der Waals surface area contributed by atoms with Gasteiger partial charge in [-0.1, -0.05) is 6.07 Å². The van der Waals surface area contributed by atoms with Crippen LogP contribution in [0.25, 0.3) is 0 Å². The zero-order valence-electron chi connectivity index (χ0n) is 9.72. The van der Waals surface area contributed by atoms with Crippen molar-refractivity contribution in [3.05, 3.63) is 34.1 Å². The fourth-order valence-electron chi connectivity index (χ4n) is 2.02. The average molecular weight is 318 g/mol. The molecular weight excluding hydrogens is 301 g/mol. The average Bonchev–Trinajstić information content (AvgIpc) is 2.35. The first-order valence-electron chi connectivity index (χ1n) is 6.01. The molecule has 1 saturated heterocycles. The van der Waals surface area contributed by atoms with Crippen LogP contribution < -0.4 is 5.32 Å². The number of rotatable bonds is 4. The van der Waals surface area contributed by atoms with Crippen LogP contribution in [0.1, 0.15) is 18.4 Å². The molecule has 0 aliphatic carbocycles. The SMILES string of the molecule is Fc1ccc(CCNC2CCSCC2)cc1Br. The minimum absolute atomic E-state index is 0.189. The Bertz CT molecular complexity index is 366. The number of hydrogen-bond donors (Lipinski definition) is 1. The summed E-state index contributed by atoms with van der Waals surface area (Å²) in [7, 11) is 0. The highest BCUT2D eigenvalue weighted by Gasteiger charge is 2.12. The maximum absolute atomic E-state index is 13.0. The molecule has 0 unspecified atom stereocenters. The van der Waals surface area contributed by atoms with Crippen LogP contribution in [-0.4, -0.2) is 24.1 Å². The van der Waals surface area contributed by atoms with Crippen molar-refractivity contribution >= 4 is 27.7 Å². The second-order valence-corrected chi connectivity index (χ2v) is 6.42. The molecule has 0 bridgehead atoms. The van der Waals surface area contributed by atoms with Crippen molar-refractivity contribution in [3.63, 3.8) is 0 Å². The van der Waals surface area contributed by atoms with E-state index < -0.39 is 0 Å². The van der Waals surface area contributed by atoms with Gasteiger partial charge < -0.3 is 5.32 Å². The maximum atomic E-state index is 13.0. The standard InChI is InChI=1S/C13H17BrFNS/c14-12-9-10(1-2-13(12)15)3-6-16-11-4-7-17-8-5-11/h1-2,9,11,16H,3-8H2. The van der Waals surface area contributed by atoms with Gasteiger partial charge in [-0.2, -0.15) is 11.8 Å². The third-order valence-corrected chi connectivity index (χ3v) is 4.71. The van der Waals surface area contributed by atoms with Gasteiger partial charge in [-0.3, -0.25) is 0 Å². The quantitative estimate of drug-likeness (QED) is 0.910. The highest BCUT2D eigenvalue weighted by atomic mass is 79.9. The Hall–Kier alpha value is -0.0600. The van der Waals surface area contributed by atoms with Crippen molar-refractivity contribution in [1.29, 1.82) is 0 Å². The summed E-state index contributed by atoms with van der Waals surface area (Å²) in [6, 6.07) is 5.93. The van der Waals surface area contributed by atoms with Gasteiger partial charge in [0.2, 0.25) is 0 Å². The second kappa shape index (κ2) is 6.76. The third-order valence-electron chi connectivity index (χ3n) is 3.05. The predicted octanol–water partition coefficient (Wildman–Crippen LogP) is 3.62. The lowest BCUT2D eigenvalue weighted by atomic mass is 10.1. The second-order valence-electron chi connectivity index (χ2n) is 4.34. The zero-order chi connectivity index (χ0) is 12.1. The van der Waals surface area contributed by atoms with Crippen LogP contribution in [0.15, 0.2) is 22.7 Å². The Kier molecular flexibility index (Phi) is 5.32. The molecule has 0 saturated carbocycles. The van der Waals surface area contributed by atoms with Crippen molar-refractivity contribution in [3.8, 4) is 0 Å². The van der Waals surface area contributed by atoms with Crippen molar-refractivity contribution in [2.24, 2.45) is 0 Å². The molecule has 1 heterocycles. The maximum Gasteiger partial charge on any atom is 0.137 e. The topological polar surface area (TPSA) is 12.0 Å². The van der Waals surface area contributed by atoms with E-state index in [1.165, 1.54) is 36.0 Å². The van der Waals surface area contributed by atoms with Gasteiger partial charge in [-0.05, 0) is 70.9 Å². The number of halogens is 2. The van der Waals surface area contributed by atoms with Gasteiger partial charge in [0.25, 0.3) is 0 Å². The van der Waals surface area contributed by atoms with Gasteiger partial charge in [0.05, 0.1) is 4.47 Å². The van der Waals surface area contributed by atoms with Crippen molar-refractivity contribution < 1.29 is 4.39 Å². The summed E-state index contributed by atoms with van der Waals surface area (Å²) in [5.74, 6) is 2.37. The first kappa shape index (κ1) is 13.4. The highest BCUT2D eigenvalue weighted by molar-refractivity contribution is 9.10. The molecule has 0 radical (unpaired) electrons. The van der Waals surface area contributed by atoms with Gasteiger partial charge in [0.1, 0.15) is 5.82 Å². The fraction of sp³-hybridized carbons (Fsp3) is 0.538. The molecule has 4 heteroatoms. The summed E-state index contributed by atoms with van der Waals surface area (Å²) < 4.78 is 13.6. The van der Waals surface area contributed by atoms with Gasteiger partial charge >= 0.3 is 0 Å². The Morgan fingerprint density at radius 2 is 2.12 bits per heavy atom. The van der Waals surface area contributed by atoms with E-state index in [2.05, 4.69) is 21.2 Å². The molecule has 1 nitrogen and oxygen atoms in total. The lowest BCUT2D eigenvalue weighted by molar-refractivity contribution is 0.486. The van der Waals surface area contributed by atoms with Gasteiger partial charge in [-0.15, -0.1) is 0 Å². The van der Waals surface area contributed by atoms with Crippen LogP contribution >= 0.6 is 27.7 Å². The van der Waals surface area contributed by atoms with E-state index in [0.29, 0.717) is 10.5 Å². The predicted molar refractivity (Wildman–Crippen MR) is 76.2 cm³/mol. The lowest BCUT2D eigenvalue weighted by Gasteiger charge is -2.22. The zero-order valence-corrected chi connectivity index (χ0v) is 12.1. The van der Waals surface area contributed by atoms with E-state index >= 15 is 0 Å². The van der Waals surface area contributed by atoms with Gasteiger partial charge in [-0.25, -0.2) is 4.39 Å². The molecule has 2 rings (SSSR count). The summed E-state index contributed by atoms with van der Waals surface area (Å²) in [6.07, 6.45) is 3.51. The molecule has 0 aromatic heterocycles. The number of nitrogens with one attached hydrogen (secondary N) is 1. The normalized spacial score (nSPS) is 17.3. The van der Waals surface area contributed by atoms with Crippen LogP contribution in [-0.2, 0) is 6.42 Å². The molecule has 1 aliphatic heterocycles. The minimum atomic E-state index is -0.189. The lowest BCUT2D eigenvalue weighted by Crippen LogP contribution is -2.33. The van der Waals surface area contributed by atoms with E-state index in [1.807, 2.05) is 23.9 Å². The first-order chi connectivity index (χ1) is 8.25. The van der Waals surface area contributed by atoms with Crippen LogP contribution in [0.3, 0.4) is 0 Å². The summed E-state index contributed by atoms with van der Waals surface area (Å²) in [6.45, 7) is 0.980. The van der Waals surface area contributed by atoms with Gasteiger partial charge in [0, 0.05) is 6.04 Å². The van der Waals surface area contributed by atoms with Crippen molar-refractivity contribution in [2.75, 3.05) is 18.1 Å². The summed E-state index contributed by atoms with van der Waals surface area (Å²) >= 11 is 5.26. The molecule has 0 spiro atoms. The Morgan fingerprint density at radius 1 is 1.35 bits per heavy atom.